The fourth-order valence-corrected chi connectivity index (χ4v) is 4.07. The summed E-state index contributed by atoms with van der Waals surface area (Å²) in [5, 5.41) is 0.586. The molecule has 0 bridgehead atoms. The van der Waals surface area contributed by atoms with Crippen LogP contribution in [0.4, 0.5) is 10.6 Å². The number of likely N-dealkylation sites (tertiary alicyclic amines) is 1. The quantitative estimate of drug-likeness (QED) is 0.744. The summed E-state index contributed by atoms with van der Waals surface area (Å²) >= 11 is 6.37. The summed E-state index contributed by atoms with van der Waals surface area (Å²) in [6.45, 7) is 10.9. The van der Waals surface area contributed by atoms with Crippen molar-refractivity contribution in [3.8, 4) is 0 Å². The van der Waals surface area contributed by atoms with Crippen molar-refractivity contribution < 1.29 is 13.9 Å². The van der Waals surface area contributed by atoms with Gasteiger partial charge in [0.2, 0.25) is 0 Å². The van der Waals surface area contributed by atoms with Crippen LogP contribution in [0.15, 0.2) is 16.7 Å². The Bertz CT molecular complexity index is 865. The number of carbonyl (C=O) groups is 1. The summed E-state index contributed by atoms with van der Waals surface area (Å²) in [7, 11) is 0. The highest BCUT2D eigenvalue weighted by atomic mass is 35.5. The van der Waals surface area contributed by atoms with E-state index in [9.17, 15) is 4.79 Å². The van der Waals surface area contributed by atoms with E-state index in [0.717, 1.165) is 49.5 Å². The summed E-state index contributed by atoms with van der Waals surface area (Å²) in [5.74, 6) is 0.875. The zero-order valence-electron chi connectivity index (χ0n) is 15.6. The van der Waals surface area contributed by atoms with E-state index in [1.54, 1.807) is 11.2 Å². The Morgan fingerprint density at radius 2 is 2.08 bits per heavy atom. The van der Waals surface area contributed by atoms with Crippen LogP contribution in [0.25, 0.3) is 11.1 Å². The molecule has 4 rings (SSSR count). The Hall–Kier alpha value is -1.95. The maximum absolute atomic E-state index is 12.2. The van der Waals surface area contributed by atoms with Crippen molar-refractivity contribution in [3.63, 3.8) is 0 Å². The largest absolute Gasteiger partial charge is 0.461 e. The molecule has 2 aliphatic rings. The predicted octanol–water partition coefficient (Wildman–Crippen LogP) is 4.24. The lowest BCUT2D eigenvalue weighted by molar-refractivity contribution is -0.0266. The van der Waals surface area contributed by atoms with Gasteiger partial charge in [-0.1, -0.05) is 11.6 Å². The minimum absolute atomic E-state index is 0.130. The van der Waals surface area contributed by atoms with Gasteiger partial charge in [-0.05, 0) is 34.1 Å². The highest BCUT2D eigenvalue weighted by molar-refractivity contribution is 6.35. The first kappa shape index (κ1) is 17.5. The number of hydrogen-bond acceptors (Lipinski definition) is 5. The standard InChI is InChI=1S/C19H24ClN3O3/c1-12-8-25-16-13(20)7-14(21-15(12)16)22-6-5-19(9-22)10-23(11-19)17(24)26-18(2,3)4/h7-8H,5-6,9-11H2,1-4H3. The van der Waals surface area contributed by atoms with Crippen molar-refractivity contribution >= 4 is 34.6 Å². The van der Waals surface area contributed by atoms with Gasteiger partial charge in [0.25, 0.3) is 0 Å². The molecular formula is C19H24ClN3O3. The van der Waals surface area contributed by atoms with Crippen LogP contribution in [0.1, 0.15) is 32.8 Å². The molecule has 4 heterocycles. The highest BCUT2D eigenvalue weighted by Crippen LogP contribution is 2.42. The number of amides is 1. The van der Waals surface area contributed by atoms with Gasteiger partial charge < -0.3 is 19.0 Å². The van der Waals surface area contributed by atoms with Crippen LogP contribution in [-0.4, -0.2) is 47.8 Å². The van der Waals surface area contributed by atoms with E-state index < -0.39 is 5.60 Å². The van der Waals surface area contributed by atoms with Gasteiger partial charge in [0.1, 0.15) is 16.9 Å². The lowest BCUT2D eigenvalue weighted by Crippen LogP contribution is -2.60. The molecule has 0 aliphatic carbocycles. The second-order valence-corrected chi connectivity index (χ2v) is 8.97. The minimum atomic E-state index is -0.458. The molecule has 6 nitrogen and oxygen atoms in total. The van der Waals surface area contributed by atoms with E-state index >= 15 is 0 Å². The third-order valence-corrected chi connectivity index (χ3v) is 5.39. The number of nitrogens with zero attached hydrogens (tertiary/aromatic N) is 3. The molecule has 0 saturated carbocycles. The normalized spacial score (nSPS) is 19.3. The van der Waals surface area contributed by atoms with E-state index in [2.05, 4.69) is 4.90 Å². The Morgan fingerprint density at radius 3 is 2.77 bits per heavy atom. The third kappa shape index (κ3) is 3.00. The van der Waals surface area contributed by atoms with Gasteiger partial charge in [0.05, 0.1) is 11.3 Å². The van der Waals surface area contributed by atoms with Crippen LogP contribution in [0, 0.1) is 12.3 Å². The number of rotatable bonds is 1. The van der Waals surface area contributed by atoms with E-state index in [4.69, 9.17) is 25.7 Å². The molecule has 1 amide bonds. The molecule has 2 fully saturated rings. The first-order chi connectivity index (χ1) is 12.2. The van der Waals surface area contributed by atoms with Gasteiger partial charge in [-0.25, -0.2) is 9.78 Å². The topological polar surface area (TPSA) is 58.8 Å². The molecule has 7 heteroatoms. The molecule has 0 N–H and O–H groups in total. The maximum Gasteiger partial charge on any atom is 0.410 e. The van der Waals surface area contributed by atoms with Gasteiger partial charge >= 0.3 is 6.09 Å². The van der Waals surface area contributed by atoms with Crippen molar-refractivity contribution in [2.24, 2.45) is 5.41 Å². The minimum Gasteiger partial charge on any atom is -0.461 e. The molecule has 0 atom stereocenters. The summed E-state index contributed by atoms with van der Waals surface area (Å²) in [6, 6.07) is 1.87. The molecular weight excluding hydrogens is 354 g/mol. The lowest BCUT2D eigenvalue weighted by atomic mass is 9.79. The van der Waals surface area contributed by atoms with Gasteiger partial charge in [-0.3, -0.25) is 0 Å². The summed E-state index contributed by atoms with van der Waals surface area (Å²) < 4.78 is 10.9. The maximum atomic E-state index is 12.2. The molecule has 2 saturated heterocycles. The van der Waals surface area contributed by atoms with Crippen LogP contribution in [0.2, 0.25) is 5.02 Å². The van der Waals surface area contributed by atoms with E-state index in [0.29, 0.717) is 10.6 Å². The Kier molecular flexibility index (Phi) is 3.88. The number of halogens is 1. The number of anilines is 1. The Balaban J connectivity index is 1.45. The lowest BCUT2D eigenvalue weighted by Gasteiger charge is -2.47. The number of pyridine rings is 1. The van der Waals surface area contributed by atoms with Crippen molar-refractivity contribution in [1.29, 1.82) is 0 Å². The summed E-state index contributed by atoms with van der Waals surface area (Å²) in [4.78, 5) is 21.0. The zero-order valence-corrected chi connectivity index (χ0v) is 16.4. The molecule has 0 aromatic carbocycles. The fraction of sp³-hybridized carbons (Fsp3) is 0.579. The van der Waals surface area contributed by atoms with Crippen molar-refractivity contribution in [1.82, 2.24) is 9.88 Å². The summed E-state index contributed by atoms with van der Waals surface area (Å²) in [5.41, 5.74) is 2.11. The third-order valence-electron chi connectivity index (χ3n) is 5.11. The molecule has 2 aromatic rings. The number of furan rings is 1. The van der Waals surface area contributed by atoms with Crippen molar-refractivity contribution in [2.45, 2.75) is 39.7 Å². The zero-order chi connectivity index (χ0) is 18.7. The van der Waals surface area contributed by atoms with Crippen molar-refractivity contribution in [2.75, 3.05) is 31.1 Å². The molecule has 1 spiro atoms. The van der Waals surface area contributed by atoms with Crippen LogP contribution in [0.5, 0.6) is 0 Å². The van der Waals surface area contributed by atoms with Crippen LogP contribution >= 0.6 is 11.6 Å². The monoisotopic (exact) mass is 377 g/mol. The van der Waals surface area contributed by atoms with Gasteiger partial charge in [0.15, 0.2) is 5.58 Å². The van der Waals surface area contributed by atoms with E-state index in [-0.39, 0.29) is 11.5 Å². The van der Waals surface area contributed by atoms with Gasteiger partial charge in [-0.15, -0.1) is 0 Å². The van der Waals surface area contributed by atoms with Gasteiger partial charge in [-0.2, -0.15) is 0 Å². The van der Waals surface area contributed by atoms with Crippen molar-refractivity contribution in [3.05, 3.63) is 22.9 Å². The Labute approximate surface area is 158 Å². The first-order valence-corrected chi connectivity index (χ1v) is 9.31. The molecule has 2 aliphatic heterocycles. The molecule has 140 valence electrons. The van der Waals surface area contributed by atoms with Crippen LogP contribution < -0.4 is 4.90 Å². The number of carbonyl (C=O) groups excluding carboxylic acids is 1. The number of hydrogen-bond donors (Lipinski definition) is 0. The molecule has 2 aromatic heterocycles. The van der Waals surface area contributed by atoms with Crippen LogP contribution in [0.3, 0.4) is 0 Å². The average molecular weight is 378 g/mol. The Morgan fingerprint density at radius 1 is 1.35 bits per heavy atom. The fourth-order valence-electron chi connectivity index (χ4n) is 3.84. The second kappa shape index (κ2) is 5.78. The molecule has 0 radical (unpaired) electrons. The number of fused-ring (bicyclic) bond motifs is 1. The van der Waals surface area contributed by atoms with E-state index in [1.165, 1.54) is 0 Å². The van der Waals surface area contributed by atoms with Crippen LogP contribution in [-0.2, 0) is 4.74 Å². The number of aryl methyl sites for hydroxylation is 1. The number of aromatic nitrogens is 1. The smallest absolute Gasteiger partial charge is 0.410 e. The number of ether oxygens (including phenoxy) is 1. The molecule has 0 unspecified atom stereocenters. The average Bonchev–Trinajstić information content (AvgIpc) is 3.09. The highest BCUT2D eigenvalue weighted by Gasteiger charge is 2.50. The SMILES string of the molecule is Cc1coc2c(Cl)cc(N3CCC4(CN(C(=O)OC(C)(C)C)C4)C3)nc12. The molecule has 26 heavy (non-hydrogen) atoms. The van der Waals surface area contributed by atoms with E-state index in [1.807, 2.05) is 33.8 Å². The first-order valence-electron chi connectivity index (χ1n) is 8.93. The second-order valence-electron chi connectivity index (χ2n) is 8.57. The van der Waals surface area contributed by atoms with Gasteiger partial charge in [0, 0.05) is 43.2 Å². The predicted molar refractivity (Wildman–Crippen MR) is 101 cm³/mol. The summed E-state index contributed by atoms with van der Waals surface area (Å²) in [6.07, 6.45) is 2.50.